The van der Waals surface area contributed by atoms with E-state index in [-0.39, 0.29) is 6.04 Å². The number of rotatable bonds is 8. The maximum absolute atomic E-state index is 5.57. The Morgan fingerprint density at radius 1 is 1.10 bits per heavy atom. The number of aryl methyl sites for hydroxylation is 1. The fourth-order valence-corrected chi connectivity index (χ4v) is 3.67. The third kappa shape index (κ3) is 6.21. The van der Waals surface area contributed by atoms with Gasteiger partial charge in [0.05, 0.1) is 32.9 Å². The number of nitrogens with one attached hydrogen (secondary N) is 2. The third-order valence-corrected chi connectivity index (χ3v) is 5.36. The first-order chi connectivity index (χ1) is 14.7. The summed E-state index contributed by atoms with van der Waals surface area (Å²) in [4.78, 5) is 7.28. The molecule has 1 atom stereocenters. The van der Waals surface area contributed by atoms with Crippen molar-refractivity contribution in [2.24, 2.45) is 4.99 Å². The van der Waals surface area contributed by atoms with Crippen molar-refractivity contribution in [1.29, 1.82) is 0 Å². The lowest BCUT2D eigenvalue weighted by Gasteiger charge is -2.35. The minimum absolute atomic E-state index is 0.268. The molecule has 0 radical (unpaired) electrons. The highest BCUT2D eigenvalue weighted by Crippen LogP contribution is 2.22. The molecule has 3 rings (SSSR count). The predicted octanol–water partition coefficient (Wildman–Crippen LogP) is 3.13. The van der Waals surface area contributed by atoms with Gasteiger partial charge in [0.15, 0.2) is 5.96 Å². The third-order valence-electron chi connectivity index (χ3n) is 5.36. The summed E-state index contributed by atoms with van der Waals surface area (Å²) in [6.07, 6.45) is 0. The average Bonchev–Trinajstić information content (AvgIpc) is 2.79. The van der Waals surface area contributed by atoms with Crippen molar-refractivity contribution in [1.82, 2.24) is 15.5 Å². The second-order valence-corrected chi connectivity index (χ2v) is 7.46. The molecule has 162 valence electrons. The van der Waals surface area contributed by atoms with Crippen molar-refractivity contribution in [3.8, 4) is 5.75 Å². The first kappa shape index (κ1) is 22.1. The smallest absolute Gasteiger partial charge is 0.191 e. The lowest BCUT2D eigenvalue weighted by molar-refractivity contribution is 0.0170. The van der Waals surface area contributed by atoms with Crippen molar-refractivity contribution in [2.75, 3.05) is 46.5 Å². The van der Waals surface area contributed by atoms with Gasteiger partial charge in [-0.2, -0.15) is 0 Å². The maximum Gasteiger partial charge on any atom is 0.191 e. The van der Waals surface area contributed by atoms with E-state index in [1.54, 1.807) is 7.11 Å². The van der Waals surface area contributed by atoms with Crippen LogP contribution < -0.4 is 15.4 Å². The van der Waals surface area contributed by atoms with Gasteiger partial charge < -0.3 is 20.1 Å². The van der Waals surface area contributed by atoms with Gasteiger partial charge in [-0.15, -0.1) is 0 Å². The van der Waals surface area contributed by atoms with Crippen molar-refractivity contribution in [2.45, 2.75) is 26.4 Å². The molecule has 1 heterocycles. The highest BCUT2D eigenvalue weighted by atomic mass is 16.5. The van der Waals surface area contributed by atoms with E-state index >= 15 is 0 Å². The number of ether oxygens (including phenoxy) is 2. The number of methoxy groups -OCH3 is 1. The van der Waals surface area contributed by atoms with Crippen LogP contribution >= 0.6 is 0 Å². The van der Waals surface area contributed by atoms with E-state index in [4.69, 9.17) is 14.5 Å². The van der Waals surface area contributed by atoms with Crippen LogP contribution in [0.15, 0.2) is 53.5 Å². The van der Waals surface area contributed by atoms with Gasteiger partial charge in [-0.1, -0.05) is 48.0 Å². The summed E-state index contributed by atoms with van der Waals surface area (Å²) >= 11 is 0. The second-order valence-electron chi connectivity index (χ2n) is 7.46. The largest absolute Gasteiger partial charge is 0.496 e. The van der Waals surface area contributed by atoms with E-state index in [1.165, 1.54) is 11.1 Å². The summed E-state index contributed by atoms with van der Waals surface area (Å²) in [5.41, 5.74) is 3.66. The number of guanidine groups is 1. The van der Waals surface area contributed by atoms with Gasteiger partial charge in [0.25, 0.3) is 0 Å². The SMILES string of the molecule is CCNC(=NCc1ccccc1OC)NCC(c1ccc(C)cc1)N1CCOCC1. The summed E-state index contributed by atoms with van der Waals surface area (Å²) in [5.74, 6) is 1.68. The number of aliphatic imine (C=N–C) groups is 1. The average molecular weight is 411 g/mol. The topological polar surface area (TPSA) is 58.1 Å². The van der Waals surface area contributed by atoms with Crippen molar-refractivity contribution in [3.63, 3.8) is 0 Å². The monoisotopic (exact) mass is 410 g/mol. The Labute approximate surface area is 180 Å². The van der Waals surface area contributed by atoms with Gasteiger partial charge in [-0.25, -0.2) is 4.99 Å². The van der Waals surface area contributed by atoms with Crippen LogP contribution in [0, 0.1) is 6.92 Å². The van der Waals surface area contributed by atoms with Gasteiger partial charge in [-0.05, 0) is 25.5 Å². The molecular weight excluding hydrogens is 376 g/mol. The summed E-state index contributed by atoms with van der Waals surface area (Å²) in [7, 11) is 1.69. The molecule has 30 heavy (non-hydrogen) atoms. The minimum Gasteiger partial charge on any atom is -0.496 e. The van der Waals surface area contributed by atoms with E-state index in [1.807, 2.05) is 18.2 Å². The lowest BCUT2D eigenvalue weighted by atomic mass is 10.0. The molecule has 0 aliphatic carbocycles. The molecule has 1 aliphatic rings. The fourth-order valence-electron chi connectivity index (χ4n) is 3.67. The Balaban J connectivity index is 1.72. The van der Waals surface area contributed by atoms with E-state index in [0.29, 0.717) is 6.54 Å². The zero-order chi connectivity index (χ0) is 21.2. The van der Waals surface area contributed by atoms with Crippen LogP contribution in [-0.2, 0) is 11.3 Å². The Hall–Kier alpha value is -2.57. The zero-order valence-corrected chi connectivity index (χ0v) is 18.4. The summed E-state index contributed by atoms with van der Waals surface area (Å²) in [6.45, 7) is 9.80. The number of hydrogen-bond donors (Lipinski definition) is 2. The van der Waals surface area contributed by atoms with Crippen LogP contribution in [0.5, 0.6) is 5.75 Å². The quantitative estimate of drug-likeness (QED) is 0.517. The van der Waals surface area contributed by atoms with Gasteiger partial charge in [0, 0.05) is 31.7 Å². The summed E-state index contributed by atoms with van der Waals surface area (Å²) < 4.78 is 11.0. The molecule has 0 aromatic heterocycles. The number of nitrogens with zero attached hydrogens (tertiary/aromatic N) is 2. The molecule has 6 nitrogen and oxygen atoms in total. The molecule has 6 heteroatoms. The van der Waals surface area contributed by atoms with E-state index in [0.717, 1.165) is 56.7 Å². The minimum atomic E-state index is 0.268. The molecule has 2 N–H and O–H groups in total. The fraction of sp³-hybridized carbons (Fsp3) is 0.458. The number of benzene rings is 2. The molecule has 1 unspecified atom stereocenters. The molecule has 0 bridgehead atoms. The Morgan fingerprint density at radius 3 is 2.53 bits per heavy atom. The molecule has 0 saturated carbocycles. The first-order valence-corrected chi connectivity index (χ1v) is 10.7. The maximum atomic E-state index is 5.57. The van der Waals surface area contributed by atoms with Crippen LogP contribution in [0.25, 0.3) is 0 Å². The Kier molecular flexibility index (Phi) is 8.53. The van der Waals surface area contributed by atoms with Crippen LogP contribution in [-0.4, -0.2) is 57.4 Å². The van der Waals surface area contributed by atoms with Crippen LogP contribution in [0.3, 0.4) is 0 Å². The predicted molar refractivity (Wildman–Crippen MR) is 122 cm³/mol. The highest BCUT2D eigenvalue weighted by molar-refractivity contribution is 5.79. The molecule has 1 saturated heterocycles. The van der Waals surface area contributed by atoms with Gasteiger partial charge in [0.1, 0.15) is 5.75 Å². The summed E-state index contributed by atoms with van der Waals surface area (Å²) in [6, 6.07) is 17.1. The molecule has 0 spiro atoms. The van der Waals surface area contributed by atoms with E-state index in [2.05, 4.69) is 59.7 Å². The molecule has 1 fully saturated rings. The normalized spacial score (nSPS) is 16.2. The van der Waals surface area contributed by atoms with Crippen LogP contribution in [0.2, 0.25) is 0 Å². The van der Waals surface area contributed by atoms with Gasteiger partial charge >= 0.3 is 0 Å². The first-order valence-electron chi connectivity index (χ1n) is 10.7. The summed E-state index contributed by atoms with van der Waals surface area (Å²) in [5, 5.41) is 6.92. The lowest BCUT2D eigenvalue weighted by Crippen LogP contribution is -2.46. The second kappa shape index (κ2) is 11.6. The molecule has 2 aromatic carbocycles. The van der Waals surface area contributed by atoms with E-state index in [9.17, 15) is 0 Å². The number of para-hydroxylation sites is 1. The number of morpholine rings is 1. The van der Waals surface area contributed by atoms with Crippen LogP contribution in [0.4, 0.5) is 0 Å². The van der Waals surface area contributed by atoms with Crippen molar-refractivity contribution >= 4 is 5.96 Å². The Bertz CT molecular complexity index is 801. The standard InChI is InChI=1S/C24H34N4O2/c1-4-25-24(26-17-21-7-5-6-8-23(21)29-3)27-18-22(28-13-15-30-16-14-28)20-11-9-19(2)10-12-20/h5-12,22H,4,13-18H2,1-3H3,(H2,25,26,27). The van der Waals surface area contributed by atoms with Gasteiger partial charge in [-0.3, -0.25) is 4.90 Å². The van der Waals surface area contributed by atoms with Crippen LogP contribution in [0.1, 0.15) is 29.7 Å². The van der Waals surface area contributed by atoms with Gasteiger partial charge in [0.2, 0.25) is 0 Å². The Morgan fingerprint density at radius 2 is 1.83 bits per heavy atom. The van der Waals surface area contributed by atoms with Crippen molar-refractivity contribution in [3.05, 3.63) is 65.2 Å². The highest BCUT2D eigenvalue weighted by Gasteiger charge is 2.22. The molecule has 0 amide bonds. The number of hydrogen-bond acceptors (Lipinski definition) is 4. The molecule has 1 aliphatic heterocycles. The molecular formula is C24H34N4O2. The molecule has 2 aromatic rings. The van der Waals surface area contributed by atoms with E-state index < -0.39 is 0 Å². The van der Waals surface area contributed by atoms with Crippen molar-refractivity contribution < 1.29 is 9.47 Å². The zero-order valence-electron chi connectivity index (χ0n) is 18.4.